The van der Waals surface area contributed by atoms with Gasteiger partial charge in [-0.15, -0.1) is 0 Å². The van der Waals surface area contributed by atoms with Crippen molar-refractivity contribution in [2.75, 3.05) is 0 Å². The van der Waals surface area contributed by atoms with E-state index in [1.807, 2.05) is 0 Å². The van der Waals surface area contributed by atoms with Gasteiger partial charge in [0.05, 0.1) is 0 Å². The largest absolute Gasteiger partial charge is 1.00 e. The SMILES string of the molecule is O.O.O.O.[Li+].[Li+].[Li+].[Li+].[Li+].[Li+].[Li+].[Li+].[Li+].[Li+].[Li+].[Li+].[O-]B([O-])[O-].[O-]B([O-])[O-].[O-]B([O-])[O-].[O-]B([O-])[O-]. The molecule has 32 heavy (non-hydrogen) atoms. The van der Waals surface area contributed by atoms with E-state index in [0.717, 1.165) is 0 Å². The van der Waals surface area contributed by atoms with Gasteiger partial charge >= 0.3 is 226 Å². The predicted octanol–water partition coefficient (Wildman–Crippen LogP) is -55.0. The van der Waals surface area contributed by atoms with Crippen LogP contribution in [0.3, 0.4) is 0 Å². The van der Waals surface area contributed by atoms with Gasteiger partial charge in [0.2, 0.25) is 0 Å². The molecule has 0 rings (SSSR count). The Kier molecular flexibility index (Phi) is 710. The summed E-state index contributed by atoms with van der Waals surface area (Å²) >= 11 is 0. The summed E-state index contributed by atoms with van der Waals surface area (Å²) in [5.74, 6) is 0. The Balaban J connectivity index is -0.00000000286. The van der Waals surface area contributed by atoms with Gasteiger partial charge in [-0.1, -0.05) is 0 Å². The summed E-state index contributed by atoms with van der Waals surface area (Å²) in [6.45, 7) is 0. The topological polar surface area (TPSA) is 403 Å². The van der Waals surface area contributed by atoms with Crippen LogP contribution in [0.5, 0.6) is 0 Å². The van der Waals surface area contributed by atoms with Crippen LogP contribution >= 0.6 is 0 Å². The van der Waals surface area contributed by atoms with Crippen LogP contribution in [0.25, 0.3) is 0 Å². The van der Waals surface area contributed by atoms with Gasteiger partial charge in [-0.3, -0.25) is 29.3 Å². The molecule has 0 atom stereocenters. The molecule has 0 aliphatic rings. The normalized spacial score (nSPS) is 3.38. The van der Waals surface area contributed by atoms with Crippen LogP contribution in [-0.4, -0.2) is 51.2 Å². The van der Waals surface area contributed by atoms with E-state index in [4.69, 9.17) is 60.3 Å². The zero-order valence-electron chi connectivity index (χ0n) is 21.2. The van der Waals surface area contributed by atoms with Crippen molar-refractivity contribution >= 4 is 29.3 Å². The first kappa shape index (κ1) is 157. The molecule has 0 aromatic carbocycles. The molecule has 32 heteroatoms. The maximum absolute atomic E-state index is 8.42. The van der Waals surface area contributed by atoms with Crippen molar-refractivity contribution in [3.63, 3.8) is 0 Å². The molecule has 0 fully saturated rings. The molecule has 16 nitrogen and oxygen atoms in total. The van der Waals surface area contributed by atoms with E-state index in [0.29, 0.717) is 0 Å². The molecule has 0 aromatic heterocycles. The molecular weight excluding hydrogens is 383 g/mol. The Bertz CT molecular complexity index is 88.0. The summed E-state index contributed by atoms with van der Waals surface area (Å²) in [7, 11) is -11.7. The molecule has 0 aromatic rings. The second kappa shape index (κ2) is 145. The summed E-state index contributed by atoms with van der Waals surface area (Å²) in [6.07, 6.45) is 0. The summed E-state index contributed by atoms with van der Waals surface area (Å²) < 4.78 is 0. The quantitative estimate of drug-likeness (QED) is 0.347. The van der Waals surface area contributed by atoms with Crippen molar-refractivity contribution < 1.29 is 309 Å². The van der Waals surface area contributed by atoms with Crippen molar-refractivity contribution in [2.45, 2.75) is 0 Å². The molecule has 0 unspecified atom stereocenters. The summed E-state index contributed by atoms with van der Waals surface area (Å²) in [5, 5.41) is 101. The Morgan fingerprint density at radius 2 is 0.188 bits per heavy atom. The van der Waals surface area contributed by atoms with E-state index in [1.54, 1.807) is 0 Å². The first-order valence-corrected chi connectivity index (χ1v) is 2.83. The Hall–Kier alpha value is 6.79. The minimum atomic E-state index is -2.92. The second-order valence-corrected chi connectivity index (χ2v) is 1.15. The van der Waals surface area contributed by atoms with Gasteiger partial charge in [0.15, 0.2) is 0 Å². The van der Waals surface area contributed by atoms with E-state index in [1.165, 1.54) is 0 Å². The molecule has 0 saturated heterocycles. The van der Waals surface area contributed by atoms with E-state index >= 15 is 0 Å². The fourth-order valence-corrected chi connectivity index (χ4v) is 0. The smallest absolute Gasteiger partial charge is 0.907 e. The zero-order valence-corrected chi connectivity index (χ0v) is 21.2. The molecule has 0 spiro atoms. The van der Waals surface area contributed by atoms with Crippen molar-refractivity contribution in [3.05, 3.63) is 0 Å². The molecule has 0 aliphatic carbocycles. The monoisotopic (exact) mass is 392 g/mol. The second-order valence-electron chi connectivity index (χ2n) is 1.15. The van der Waals surface area contributed by atoms with Gasteiger partial charge in [-0.2, -0.15) is 0 Å². The van der Waals surface area contributed by atoms with E-state index in [9.17, 15) is 0 Å². The standard InChI is InChI=1S/4BO3.12Li.4H2O/c4*2-1(3)4;;;;;;;;;;;;;;;;/h;;;;;;;;;;;;;;;;4*1H2/q4*-3;12*+1;;;;. The maximum Gasteiger partial charge on any atom is 1.00 e. The van der Waals surface area contributed by atoms with Crippen molar-refractivity contribution in [1.82, 2.24) is 0 Å². The Morgan fingerprint density at radius 3 is 0.188 bits per heavy atom. The average molecular weight is 391 g/mol. The molecule has 0 saturated carbocycles. The molecular formula is H8B4Li12O16. The minimum Gasteiger partial charge on any atom is -0.907 e. The molecule has 8 N–H and O–H groups in total. The van der Waals surface area contributed by atoms with Gasteiger partial charge in [0, 0.05) is 0 Å². The Labute approximate surface area is 332 Å². The fraction of sp³-hybridized carbons (Fsp3) is 0. The fourth-order valence-electron chi connectivity index (χ4n) is 0. The maximum atomic E-state index is 8.42. The van der Waals surface area contributed by atoms with E-state index in [2.05, 4.69) is 0 Å². The van der Waals surface area contributed by atoms with E-state index in [-0.39, 0.29) is 248 Å². The van der Waals surface area contributed by atoms with Crippen molar-refractivity contribution in [3.8, 4) is 0 Å². The molecule has 0 bridgehead atoms. The zero-order chi connectivity index (χ0) is 14.3. The first-order valence-electron chi connectivity index (χ1n) is 2.83. The average Bonchev–Trinajstić information content (AvgIpc) is 1.76. The molecule has 0 aliphatic heterocycles. The van der Waals surface area contributed by atoms with Crippen molar-refractivity contribution in [2.24, 2.45) is 0 Å². The summed E-state index contributed by atoms with van der Waals surface area (Å²) in [5.41, 5.74) is 0. The van der Waals surface area contributed by atoms with Crippen LogP contribution in [0.1, 0.15) is 0 Å². The first-order chi connectivity index (χ1) is 6.93. The van der Waals surface area contributed by atoms with Gasteiger partial charge in [0.25, 0.3) is 0 Å². The summed E-state index contributed by atoms with van der Waals surface area (Å²) in [4.78, 5) is 0. The van der Waals surface area contributed by atoms with Gasteiger partial charge in [0.1, 0.15) is 0 Å². The van der Waals surface area contributed by atoms with Crippen LogP contribution in [0.15, 0.2) is 0 Å². The van der Waals surface area contributed by atoms with Gasteiger partial charge in [-0.05, 0) is 0 Å². The molecule has 128 valence electrons. The van der Waals surface area contributed by atoms with Crippen LogP contribution in [0, 0.1) is 0 Å². The van der Waals surface area contributed by atoms with Gasteiger partial charge < -0.3 is 82.2 Å². The van der Waals surface area contributed by atoms with Crippen molar-refractivity contribution in [1.29, 1.82) is 0 Å². The molecule has 0 amide bonds. The third-order valence-corrected chi connectivity index (χ3v) is 0. The molecule has 0 heterocycles. The third-order valence-electron chi connectivity index (χ3n) is 0. The Morgan fingerprint density at radius 1 is 0.188 bits per heavy atom. The third kappa shape index (κ3) is 1020. The summed E-state index contributed by atoms with van der Waals surface area (Å²) in [6, 6.07) is 0. The van der Waals surface area contributed by atoms with Crippen LogP contribution < -0.4 is 287 Å². The van der Waals surface area contributed by atoms with Gasteiger partial charge in [-0.25, -0.2) is 0 Å². The molecule has 0 radical (unpaired) electrons. The predicted molar refractivity (Wildman–Crippen MR) is 37.5 cm³/mol. The number of rotatable bonds is 0. The van der Waals surface area contributed by atoms with Crippen LogP contribution in [0.4, 0.5) is 0 Å². The number of hydrogen-bond acceptors (Lipinski definition) is 12. The van der Waals surface area contributed by atoms with Crippen LogP contribution in [-0.2, 0) is 0 Å². The van der Waals surface area contributed by atoms with E-state index < -0.39 is 29.3 Å². The van der Waals surface area contributed by atoms with Crippen LogP contribution in [0.2, 0.25) is 0 Å². The minimum absolute atomic E-state index is 0. The number of hydrogen-bond donors (Lipinski definition) is 0.